The lowest BCUT2D eigenvalue weighted by molar-refractivity contribution is 0.184. The molecule has 12 heteroatoms. The molecule has 3 aromatic rings. The summed E-state index contributed by atoms with van der Waals surface area (Å²) in [7, 11) is -4.57. The van der Waals surface area contributed by atoms with Crippen LogP contribution in [0.3, 0.4) is 0 Å². The molecule has 0 unspecified atom stereocenters. The SMILES string of the molecule is C[C@@H](c1c(F)ccc(F)c1CNc1cc(F)c(S(=O)(=O)Nc2cscn2)c(F)c1)N1C2CCC1CC2. The first-order chi connectivity index (χ1) is 17.2. The van der Waals surface area contributed by atoms with E-state index in [-0.39, 0.29) is 35.2 Å². The van der Waals surface area contributed by atoms with Crippen molar-refractivity contribution in [1.82, 2.24) is 9.88 Å². The van der Waals surface area contributed by atoms with Crippen molar-refractivity contribution in [2.24, 2.45) is 0 Å². The number of rotatable bonds is 8. The van der Waals surface area contributed by atoms with Crippen LogP contribution in [0.5, 0.6) is 0 Å². The fourth-order valence-electron chi connectivity index (χ4n) is 5.54. The third-order valence-electron chi connectivity index (χ3n) is 7.03. The van der Waals surface area contributed by atoms with Crippen LogP contribution in [0.25, 0.3) is 0 Å². The molecule has 2 saturated heterocycles. The standard InChI is InChI=1S/C24H24F4N4O2S2/c1-13(32-15-2-3-16(32)5-4-15)23-17(18(25)6-7-19(23)26)10-29-14-8-20(27)24(21(28)9-14)36(33,34)31-22-11-35-12-30-22/h6-9,11-13,15-16,29,31H,2-5,10H2,1H3/t13-,15?,16?/m0/s1. The maximum atomic E-state index is 15.0. The average Bonchev–Trinajstić information content (AvgIpc) is 3.56. The highest BCUT2D eigenvalue weighted by atomic mass is 32.2. The maximum Gasteiger partial charge on any atom is 0.268 e. The van der Waals surface area contributed by atoms with Crippen LogP contribution in [0.15, 0.2) is 40.1 Å². The van der Waals surface area contributed by atoms with Crippen molar-refractivity contribution in [3.63, 3.8) is 0 Å². The number of hydrogen-bond acceptors (Lipinski definition) is 6. The minimum atomic E-state index is -4.57. The van der Waals surface area contributed by atoms with Crippen molar-refractivity contribution in [3.8, 4) is 0 Å². The van der Waals surface area contributed by atoms with E-state index in [9.17, 15) is 26.0 Å². The van der Waals surface area contributed by atoms with Crippen LogP contribution in [0, 0.1) is 23.3 Å². The quantitative estimate of drug-likeness (QED) is 0.354. The third kappa shape index (κ3) is 4.57. The zero-order valence-corrected chi connectivity index (χ0v) is 20.9. The Labute approximate surface area is 210 Å². The van der Waals surface area contributed by atoms with E-state index < -0.39 is 38.2 Å². The van der Waals surface area contributed by atoms with Crippen LogP contribution in [-0.4, -0.2) is 30.4 Å². The summed E-state index contributed by atoms with van der Waals surface area (Å²) in [5.74, 6) is -3.90. The largest absolute Gasteiger partial charge is 0.381 e. The molecule has 2 N–H and O–H groups in total. The highest BCUT2D eigenvalue weighted by Gasteiger charge is 2.43. The van der Waals surface area contributed by atoms with Gasteiger partial charge in [-0.1, -0.05) is 0 Å². The first-order valence-electron chi connectivity index (χ1n) is 11.5. The molecule has 2 fully saturated rings. The Kier molecular flexibility index (Phi) is 6.69. The average molecular weight is 541 g/mol. The third-order valence-corrected chi connectivity index (χ3v) is 9.02. The molecule has 2 aromatic carbocycles. The summed E-state index contributed by atoms with van der Waals surface area (Å²) in [6.07, 6.45) is 4.13. The number of benzene rings is 2. The van der Waals surface area contributed by atoms with Crippen LogP contribution in [0.4, 0.5) is 29.1 Å². The Morgan fingerprint density at radius 2 is 1.64 bits per heavy atom. The lowest BCUT2D eigenvalue weighted by Gasteiger charge is -2.31. The molecule has 6 nitrogen and oxygen atoms in total. The van der Waals surface area contributed by atoms with Gasteiger partial charge in [0, 0.05) is 46.9 Å². The van der Waals surface area contributed by atoms with Crippen LogP contribution in [0.1, 0.15) is 49.8 Å². The first-order valence-corrected chi connectivity index (χ1v) is 14.0. The summed E-state index contributed by atoms with van der Waals surface area (Å²) in [6, 6.07) is 4.04. The van der Waals surface area contributed by atoms with E-state index >= 15 is 0 Å². The number of hydrogen-bond donors (Lipinski definition) is 2. The molecule has 2 aliphatic rings. The molecule has 192 valence electrons. The molecule has 36 heavy (non-hydrogen) atoms. The van der Waals surface area contributed by atoms with Gasteiger partial charge in [0.1, 0.15) is 23.3 Å². The lowest BCUT2D eigenvalue weighted by Crippen LogP contribution is -2.33. The number of sulfonamides is 1. The normalized spacial score (nSPS) is 20.6. The Morgan fingerprint density at radius 1 is 1.03 bits per heavy atom. The molecule has 0 spiro atoms. The fraction of sp³-hybridized carbons (Fsp3) is 0.375. The van der Waals surface area contributed by atoms with Crippen molar-refractivity contribution in [3.05, 3.63) is 69.6 Å². The van der Waals surface area contributed by atoms with Gasteiger partial charge in [0.25, 0.3) is 10.0 Å². The van der Waals surface area contributed by atoms with Crippen molar-refractivity contribution in [2.45, 2.75) is 62.2 Å². The van der Waals surface area contributed by atoms with Gasteiger partial charge in [-0.05, 0) is 56.9 Å². The topological polar surface area (TPSA) is 74.3 Å². The van der Waals surface area contributed by atoms with Crippen molar-refractivity contribution in [2.75, 3.05) is 10.0 Å². The number of halogens is 4. The zero-order chi connectivity index (χ0) is 25.6. The molecular formula is C24H24F4N4O2S2. The molecule has 1 aromatic heterocycles. The van der Waals surface area contributed by atoms with Crippen LogP contribution in [0.2, 0.25) is 0 Å². The molecule has 2 bridgehead atoms. The van der Waals surface area contributed by atoms with Gasteiger partial charge in [0.2, 0.25) is 0 Å². The van der Waals surface area contributed by atoms with E-state index in [4.69, 9.17) is 0 Å². The summed E-state index contributed by atoms with van der Waals surface area (Å²) in [5.41, 5.74) is 1.54. The predicted octanol–water partition coefficient (Wildman–Crippen LogP) is 5.80. The summed E-state index contributed by atoms with van der Waals surface area (Å²) in [6.45, 7) is 1.61. The van der Waals surface area contributed by atoms with Gasteiger partial charge < -0.3 is 5.32 Å². The summed E-state index contributed by atoms with van der Waals surface area (Å²) in [4.78, 5) is 4.84. The number of anilines is 2. The second-order valence-electron chi connectivity index (χ2n) is 9.11. The minimum Gasteiger partial charge on any atom is -0.381 e. The van der Waals surface area contributed by atoms with Crippen molar-refractivity contribution >= 4 is 32.9 Å². The number of thiazole rings is 1. The van der Waals surface area contributed by atoms with E-state index in [1.807, 2.05) is 11.6 Å². The summed E-state index contributed by atoms with van der Waals surface area (Å²) in [5, 5.41) is 4.11. The van der Waals surface area contributed by atoms with Gasteiger partial charge in [-0.25, -0.2) is 31.0 Å². The van der Waals surface area contributed by atoms with E-state index in [0.29, 0.717) is 12.1 Å². The molecule has 1 atom stereocenters. The molecule has 0 aliphatic carbocycles. The van der Waals surface area contributed by atoms with E-state index in [2.05, 4.69) is 15.2 Å². The van der Waals surface area contributed by atoms with Gasteiger partial charge >= 0.3 is 0 Å². The Bertz CT molecular complexity index is 1340. The summed E-state index contributed by atoms with van der Waals surface area (Å²) < 4.78 is 86.3. The predicted molar refractivity (Wildman–Crippen MR) is 129 cm³/mol. The Hall–Kier alpha value is -2.70. The molecule has 0 radical (unpaired) electrons. The number of fused-ring (bicyclic) bond motifs is 2. The second-order valence-corrected chi connectivity index (χ2v) is 11.4. The molecule has 5 rings (SSSR count). The smallest absolute Gasteiger partial charge is 0.268 e. The van der Waals surface area contributed by atoms with Gasteiger partial charge in [-0.2, -0.15) is 0 Å². The Balaban J connectivity index is 1.40. The fourth-order valence-corrected chi connectivity index (χ4v) is 7.21. The highest BCUT2D eigenvalue weighted by Crippen LogP contribution is 2.44. The minimum absolute atomic E-state index is 0.0596. The van der Waals surface area contributed by atoms with Crippen LogP contribution in [-0.2, 0) is 16.6 Å². The zero-order valence-electron chi connectivity index (χ0n) is 19.3. The first kappa shape index (κ1) is 25.0. The lowest BCUT2D eigenvalue weighted by atomic mass is 9.98. The molecule has 2 aliphatic heterocycles. The number of nitrogens with one attached hydrogen (secondary N) is 2. The second kappa shape index (κ2) is 9.64. The van der Waals surface area contributed by atoms with E-state index in [1.54, 1.807) is 0 Å². The molecule has 3 heterocycles. The molecule has 0 saturated carbocycles. The van der Waals surface area contributed by atoms with Gasteiger partial charge in [0.15, 0.2) is 10.7 Å². The number of aromatic nitrogens is 1. The monoisotopic (exact) mass is 540 g/mol. The highest BCUT2D eigenvalue weighted by molar-refractivity contribution is 7.92. The molecule has 0 amide bonds. The van der Waals surface area contributed by atoms with E-state index in [1.165, 1.54) is 10.9 Å². The van der Waals surface area contributed by atoms with Gasteiger partial charge in [-0.15, -0.1) is 11.3 Å². The van der Waals surface area contributed by atoms with Crippen molar-refractivity contribution in [1.29, 1.82) is 0 Å². The van der Waals surface area contributed by atoms with Crippen LogP contribution >= 0.6 is 11.3 Å². The number of nitrogens with zero attached hydrogens (tertiary/aromatic N) is 2. The van der Waals surface area contributed by atoms with Gasteiger partial charge in [-0.3, -0.25) is 9.62 Å². The van der Waals surface area contributed by atoms with Gasteiger partial charge in [0.05, 0.1) is 5.51 Å². The van der Waals surface area contributed by atoms with Crippen LogP contribution < -0.4 is 10.0 Å². The Morgan fingerprint density at radius 3 is 2.22 bits per heavy atom. The van der Waals surface area contributed by atoms with E-state index in [0.717, 1.165) is 61.3 Å². The van der Waals surface area contributed by atoms with Crippen molar-refractivity contribution < 1.29 is 26.0 Å². The summed E-state index contributed by atoms with van der Waals surface area (Å²) >= 11 is 1.11. The molecular weight excluding hydrogens is 516 g/mol. The maximum absolute atomic E-state index is 15.0.